The molecule has 3 aromatic rings. The quantitative estimate of drug-likeness (QED) is 0.405. The number of ether oxygens (including phenoxy) is 2. The first-order valence-corrected chi connectivity index (χ1v) is 11.3. The number of hydrogen-bond acceptors (Lipinski definition) is 5. The van der Waals surface area contributed by atoms with Crippen molar-refractivity contribution in [3.63, 3.8) is 0 Å². The van der Waals surface area contributed by atoms with E-state index in [0.717, 1.165) is 11.1 Å². The van der Waals surface area contributed by atoms with Crippen LogP contribution in [0.4, 0.5) is 14.5 Å². The number of likely N-dealkylation sites (N-methyl/N-ethyl adjacent to an activating group) is 1. The van der Waals surface area contributed by atoms with Crippen molar-refractivity contribution in [2.45, 2.75) is 26.6 Å². The van der Waals surface area contributed by atoms with Gasteiger partial charge in [-0.15, -0.1) is 0 Å². The predicted molar refractivity (Wildman–Crippen MR) is 133 cm³/mol. The largest absolute Gasteiger partial charge is 0.493 e. The summed E-state index contributed by atoms with van der Waals surface area (Å²) < 4.78 is 34.9. The summed E-state index contributed by atoms with van der Waals surface area (Å²) in [7, 11) is 3.09. The lowest BCUT2D eigenvalue weighted by molar-refractivity contribution is -0.117. The molecule has 0 aliphatic rings. The Morgan fingerprint density at radius 3 is 2.36 bits per heavy atom. The number of nitrogens with one attached hydrogen (secondary N) is 2. The summed E-state index contributed by atoms with van der Waals surface area (Å²) in [5, 5.41) is 5.66. The Balaban J connectivity index is 1.59. The van der Waals surface area contributed by atoms with Crippen LogP contribution < -0.4 is 20.1 Å². The summed E-state index contributed by atoms with van der Waals surface area (Å²) in [6.45, 7) is -0.309. The van der Waals surface area contributed by atoms with E-state index in [1.807, 2.05) is 31.2 Å². The van der Waals surface area contributed by atoms with Gasteiger partial charge >= 0.3 is 6.61 Å². The van der Waals surface area contributed by atoms with E-state index in [1.54, 1.807) is 42.3 Å². The SMILES string of the molecule is COc1ccc(CN(C)CC(=O)Nc2ccccc2C(=O)NCc2ccc(C)cc2)cc1OC(F)F. The van der Waals surface area contributed by atoms with Gasteiger partial charge in [0.15, 0.2) is 11.5 Å². The van der Waals surface area contributed by atoms with Gasteiger partial charge < -0.3 is 20.1 Å². The Labute approximate surface area is 209 Å². The van der Waals surface area contributed by atoms with E-state index in [9.17, 15) is 18.4 Å². The predicted octanol–water partition coefficient (Wildman–Crippen LogP) is 4.61. The van der Waals surface area contributed by atoms with Gasteiger partial charge in [0.2, 0.25) is 5.91 Å². The van der Waals surface area contributed by atoms with Crippen LogP contribution in [0.2, 0.25) is 0 Å². The van der Waals surface area contributed by atoms with E-state index < -0.39 is 6.61 Å². The van der Waals surface area contributed by atoms with Crippen molar-refractivity contribution in [2.75, 3.05) is 26.0 Å². The molecule has 0 fully saturated rings. The topological polar surface area (TPSA) is 79.9 Å². The van der Waals surface area contributed by atoms with Crippen LogP contribution in [0.5, 0.6) is 11.5 Å². The van der Waals surface area contributed by atoms with E-state index in [2.05, 4.69) is 15.4 Å². The third-order valence-electron chi connectivity index (χ3n) is 5.33. The minimum atomic E-state index is -2.98. The summed E-state index contributed by atoms with van der Waals surface area (Å²) in [6, 6.07) is 19.3. The average molecular weight is 498 g/mol. The molecule has 0 atom stereocenters. The number of rotatable bonds is 11. The number of carbonyl (C=O) groups is 2. The van der Waals surface area contributed by atoms with E-state index in [1.165, 1.54) is 19.2 Å². The van der Waals surface area contributed by atoms with Gasteiger partial charge in [0.25, 0.3) is 5.91 Å². The molecule has 0 aliphatic carbocycles. The lowest BCUT2D eigenvalue weighted by Gasteiger charge is -2.18. The molecule has 9 heteroatoms. The van der Waals surface area contributed by atoms with Gasteiger partial charge in [-0.25, -0.2) is 0 Å². The van der Waals surface area contributed by atoms with Crippen LogP contribution in [-0.2, 0) is 17.9 Å². The fourth-order valence-corrected chi connectivity index (χ4v) is 3.58. The van der Waals surface area contributed by atoms with Crippen molar-refractivity contribution in [2.24, 2.45) is 0 Å². The summed E-state index contributed by atoms with van der Waals surface area (Å²) in [5.41, 5.74) is 3.52. The standard InChI is InChI=1S/C27H29F2N3O4/c1-18-8-10-19(11-9-18)15-30-26(34)21-6-4-5-7-22(21)31-25(33)17-32(2)16-20-12-13-23(35-3)24(14-20)36-27(28)29/h4-14,27H,15-17H2,1-3H3,(H,30,34)(H,31,33). The van der Waals surface area contributed by atoms with Gasteiger partial charge in [-0.1, -0.05) is 48.0 Å². The van der Waals surface area contributed by atoms with Gasteiger partial charge in [-0.05, 0) is 49.4 Å². The highest BCUT2D eigenvalue weighted by Gasteiger charge is 2.16. The van der Waals surface area contributed by atoms with Crippen molar-refractivity contribution in [1.82, 2.24) is 10.2 Å². The maximum absolute atomic E-state index is 12.8. The summed E-state index contributed by atoms with van der Waals surface area (Å²) in [5.74, 6) is -0.511. The molecule has 190 valence electrons. The number of para-hydroxylation sites is 1. The normalized spacial score (nSPS) is 10.9. The smallest absolute Gasteiger partial charge is 0.387 e. The maximum Gasteiger partial charge on any atom is 0.387 e. The molecular weight excluding hydrogens is 468 g/mol. The lowest BCUT2D eigenvalue weighted by atomic mass is 10.1. The second kappa shape index (κ2) is 12.6. The molecular formula is C27H29F2N3O4. The number of benzene rings is 3. The first kappa shape index (κ1) is 26.6. The summed E-state index contributed by atoms with van der Waals surface area (Å²) >= 11 is 0. The molecule has 0 bridgehead atoms. The monoisotopic (exact) mass is 497 g/mol. The number of aryl methyl sites for hydroxylation is 1. The highest BCUT2D eigenvalue weighted by molar-refractivity contribution is 6.04. The Hall–Kier alpha value is -3.98. The van der Waals surface area contributed by atoms with Gasteiger partial charge in [0.1, 0.15) is 0 Å². The third-order valence-corrected chi connectivity index (χ3v) is 5.33. The second-order valence-corrected chi connectivity index (χ2v) is 8.30. The van der Waals surface area contributed by atoms with Crippen LogP contribution in [0.1, 0.15) is 27.0 Å². The number of alkyl halides is 2. The molecule has 0 aromatic heterocycles. The third kappa shape index (κ3) is 7.78. The Morgan fingerprint density at radius 1 is 0.972 bits per heavy atom. The van der Waals surface area contributed by atoms with E-state index in [4.69, 9.17) is 4.74 Å². The van der Waals surface area contributed by atoms with E-state index in [0.29, 0.717) is 29.9 Å². The second-order valence-electron chi connectivity index (χ2n) is 8.30. The fraction of sp³-hybridized carbons (Fsp3) is 0.259. The molecule has 2 amide bonds. The highest BCUT2D eigenvalue weighted by atomic mass is 19.3. The number of halogens is 2. The first-order valence-electron chi connectivity index (χ1n) is 11.3. The highest BCUT2D eigenvalue weighted by Crippen LogP contribution is 2.29. The van der Waals surface area contributed by atoms with Gasteiger partial charge in [-0.2, -0.15) is 8.78 Å². The van der Waals surface area contributed by atoms with E-state index in [-0.39, 0.29) is 29.9 Å². The molecule has 0 saturated heterocycles. The van der Waals surface area contributed by atoms with Gasteiger partial charge in [0, 0.05) is 13.1 Å². The maximum atomic E-state index is 12.8. The molecule has 36 heavy (non-hydrogen) atoms. The Morgan fingerprint density at radius 2 is 1.67 bits per heavy atom. The van der Waals surface area contributed by atoms with Crippen molar-refractivity contribution >= 4 is 17.5 Å². The first-order chi connectivity index (χ1) is 17.2. The molecule has 7 nitrogen and oxygen atoms in total. The molecule has 0 radical (unpaired) electrons. The zero-order chi connectivity index (χ0) is 26.1. The molecule has 0 saturated carbocycles. The van der Waals surface area contributed by atoms with Crippen LogP contribution in [0.15, 0.2) is 66.7 Å². The summed E-state index contributed by atoms with van der Waals surface area (Å²) in [4.78, 5) is 27.2. The Kier molecular flexibility index (Phi) is 9.35. The van der Waals surface area contributed by atoms with Crippen molar-refractivity contribution in [1.29, 1.82) is 0 Å². The fourth-order valence-electron chi connectivity index (χ4n) is 3.58. The van der Waals surface area contributed by atoms with Crippen LogP contribution in [0.3, 0.4) is 0 Å². The van der Waals surface area contributed by atoms with Crippen LogP contribution in [0, 0.1) is 6.92 Å². The zero-order valence-corrected chi connectivity index (χ0v) is 20.4. The van der Waals surface area contributed by atoms with Gasteiger partial charge in [-0.3, -0.25) is 14.5 Å². The molecule has 3 aromatic carbocycles. The van der Waals surface area contributed by atoms with Crippen LogP contribution in [0.25, 0.3) is 0 Å². The lowest BCUT2D eigenvalue weighted by Crippen LogP contribution is -2.31. The number of hydrogen-bond donors (Lipinski definition) is 2. The van der Waals surface area contributed by atoms with Crippen molar-refractivity contribution in [3.8, 4) is 11.5 Å². The zero-order valence-electron chi connectivity index (χ0n) is 20.4. The number of methoxy groups -OCH3 is 1. The molecule has 3 rings (SSSR count). The summed E-state index contributed by atoms with van der Waals surface area (Å²) in [6.07, 6.45) is 0. The van der Waals surface area contributed by atoms with Crippen molar-refractivity contribution < 1.29 is 27.8 Å². The van der Waals surface area contributed by atoms with Crippen molar-refractivity contribution in [3.05, 3.63) is 89.0 Å². The minimum absolute atomic E-state index is 0.0103. The molecule has 0 spiro atoms. The molecule has 0 heterocycles. The van der Waals surface area contributed by atoms with Crippen LogP contribution in [-0.4, -0.2) is 44.0 Å². The van der Waals surface area contributed by atoms with Crippen LogP contribution >= 0.6 is 0 Å². The number of carbonyl (C=O) groups excluding carboxylic acids is 2. The number of amides is 2. The molecule has 0 unspecified atom stereocenters. The average Bonchev–Trinajstić information content (AvgIpc) is 2.83. The molecule has 2 N–H and O–H groups in total. The molecule has 0 aliphatic heterocycles. The number of anilines is 1. The Bertz CT molecular complexity index is 1190. The van der Waals surface area contributed by atoms with Gasteiger partial charge in [0.05, 0.1) is 24.9 Å². The minimum Gasteiger partial charge on any atom is -0.493 e. The van der Waals surface area contributed by atoms with E-state index >= 15 is 0 Å². The number of nitrogens with zero attached hydrogens (tertiary/aromatic N) is 1.